The molecule has 0 saturated carbocycles. The quantitative estimate of drug-likeness (QED) is 0.518. The third kappa shape index (κ3) is 1.34. The minimum Gasteiger partial charge on any atom is -0.332 e. The van der Waals surface area contributed by atoms with E-state index in [1.165, 1.54) is 11.1 Å². The van der Waals surface area contributed by atoms with Crippen LogP contribution in [0.2, 0.25) is 0 Å². The van der Waals surface area contributed by atoms with Crippen molar-refractivity contribution in [3.63, 3.8) is 0 Å². The molecule has 4 heteroatoms. The average molecular weight is 143 g/mol. The molecule has 1 amide bonds. The smallest absolute Gasteiger partial charge is 0.246 e. The van der Waals surface area contributed by atoms with Crippen LogP contribution in [0.15, 0.2) is 12.8 Å². The van der Waals surface area contributed by atoms with Gasteiger partial charge < -0.3 is 9.47 Å². The first kappa shape index (κ1) is 7.24. The normalized spacial score (nSPS) is 18.8. The first-order valence-corrected chi connectivity index (χ1v) is 2.97. The van der Waals surface area contributed by atoms with Gasteiger partial charge in [0, 0.05) is 6.20 Å². The minimum absolute atomic E-state index is 0.531. The molecule has 0 aromatic carbocycles. The Kier molecular flexibility index (Phi) is 2.42. The average Bonchev–Trinajstić information content (AvgIpc) is 2.43. The second-order valence-electron chi connectivity index (χ2n) is 1.78. The Morgan fingerprint density at radius 1 is 1.50 bits per heavy atom. The number of nitrogens with zero attached hydrogens (tertiary/aromatic N) is 1. The molecule has 1 rings (SSSR count). The van der Waals surface area contributed by atoms with Crippen LogP contribution < -0.4 is 0 Å². The lowest BCUT2D eigenvalue weighted by molar-refractivity contribution is -0.152. The molecule has 10 heavy (non-hydrogen) atoms. The molecule has 1 heterocycles. The first-order chi connectivity index (χ1) is 4.88. The lowest BCUT2D eigenvalue weighted by Gasteiger charge is -2.17. The van der Waals surface area contributed by atoms with Gasteiger partial charge in [0.15, 0.2) is 0 Å². The molecule has 1 aliphatic heterocycles. The lowest BCUT2D eigenvalue weighted by Crippen LogP contribution is -2.29. The summed E-state index contributed by atoms with van der Waals surface area (Å²) in [6, 6.07) is 0. The van der Waals surface area contributed by atoms with Gasteiger partial charge in [0.05, 0.1) is 13.2 Å². The van der Waals surface area contributed by atoms with Crippen molar-refractivity contribution in [2.45, 2.75) is 6.41 Å². The molecule has 0 aromatic heterocycles. The van der Waals surface area contributed by atoms with Crippen LogP contribution in [0.4, 0.5) is 0 Å². The van der Waals surface area contributed by atoms with E-state index in [9.17, 15) is 4.79 Å². The van der Waals surface area contributed by atoms with E-state index in [4.69, 9.17) is 9.47 Å². The molecule has 0 aliphatic carbocycles. The van der Waals surface area contributed by atoms with E-state index < -0.39 is 6.41 Å². The second-order valence-corrected chi connectivity index (χ2v) is 1.78. The van der Waals surface area contributed by atoms with Crippen LogP contribution in [0.1, 0.15) is 0 Å². The molecule has 0 bridgehead atoms. The Bertz CT molecular complexity index is 123. The van der Waals surface area contributed by atoms with Crippen LogP contribution in [0, 0.1) is 0 Å². The SMILES string of the molecule is C=CN(C=O)C1OCCO1. The van der Waals surface area contributed by atoms with Crippen molar-refractivity contribution >= 4 is 6.41 Å². The number of rotatable bonds is 3. The van der Waals surface area contributed by atoms with Gasteiger partial charge in [-0.05, 0) is 0 Å². The fourth-order valence-electron chi connectivity index (χ4n) is 0.697. The molecular weight excluding hydrogens is 134 g/mol. The van der Waals surface area contributed by atoms with E-state index in [0.717, 1.165) is 0 Å². The molecule has 0 aromatic rings. The van der Waals surface area contributed by atoms with E-state index in [1.54, 1.807) is 0 Å². The van der Waals surface area contributed by atoms with Crippen molar-refractivity contribution in [2.24, 2.45) is 0 Å². The van der Waals surface area contributed by atoms with Crippen LogP contribution in [0.3, 0.4) is 0 Å². The molecule has 56 valence electrons. The zero-order valence-corrected chi connectivity index (χ0v) is 5.53. The number of amides is 1. The highest BCUT2D eigenvalue weighted by molar-refractivity contribution is 5.48. The lowest BCUT2D eigenvalue weighted by atomic mass is 10.8. The predicted molar refractivity (Wildman–Crippen MR) is 33.8 cm³/mol. The maximum atomic E-state index is 10.2. The van der Waals surface area contributed by atoms with Crippen molar-refractivity contribution < 1.29 is 14.3 Å². The van der Waals surface area contributed by atoms with E-state index in [0.29, 0.717) is 19.6 Å². The minimum atomic E-state index is -0.560. The Morgan fingerprint density at radius 3 is 2.50 bits per heavy atom. The highest BCUT2D eigenvalue weighted by Gasteiger charge is 2.20. The van der Waals surface area contributed by atoms with Crippen LogP contribution in [-0.2, 0) is 14.3 Å². The Balaban J connectivity index is 2.43. The van der Waals surface area contributed by atoms with Crippen LogP contribution >= 0.6 is 0 Å². The zero-order valence-electron chi connectivity index (χ0n) is 5.53. The number of hydrogen-bond acceptors (Lipinski definition) is 3. The number of ether oxygens (including phenoxy) is 2. The molecule has 0 N–H and O–H groups in total. The van der Waals surface area contributed by atoms with Crippen molar-refractivity contribution in [1.29, 1.82) is 0 Å². The van der Waals surface area contributed by atoms with Gasteiger partial charge in [-0.15, -0.1) is 0 Å². The fourth-order valence-corrected chi connectivity index (χ4v) is 0.697. The molecule has 1 aliphatic rings. The molecule has 0 atom stereocenters. The summed E-state index contributed by atoms with van der Waals surface area (Å²) in [5.41, 5.74) is 0. The van der Waals surface area contributed by atoms with Crippen LogP contribution in [0.5, 0.6) is 0 Å². The summed E-state index contributed by atoms with van der Waals surface area (Å²) in [5.74, 6) is 0. The maximum absolute atomic E-state index is 10.2. The van der Waals surface area contributed by atoms with E-state index in [-0.39, 0.29) is 0 Å². The van der Waals surface area contributed by atoms with Gasteiger partial charge in [-0.1, -0.05) is 6.58 Å². The Hall–Kier alpha value is -0.870. The monoisotopic (exact) mass is 143 g/mol. The van der Waals surface area contributed by atoms with Crippen molar-refractivity contribution in [2.75, 3.05) is 13.2 Å². The summed E-state index contributed by atoms with van der Waals surface area (Å²) in [5, 5.41) is 0. The summed E-state index contributed by atoms with van der Waals surface area (Å²) in [6.45, 7) is 4.47. The largest absolute Gasteiger partial charge is 0.332 e. The first-order valence-electron chi connectivity index (χ1n) is 2.97. The number of hydrogen-bond donors (Lipinski definition) is 0. The van der Waals surface area contributed by atoms with Gasteiger partial charge in [-0.3, -0.25) is 9.69 Å². The van der Waals surface area contributed by atoms with Gasteiger partial charge in [0.2, 0.25) is 12.8 Å². The summed E-state index contributed by atoms with van der Waals surface area (Å²) in [4.78, 5) is 11.4. The molecular formula is C6H9NO3. The van der Waals surface area contributed by atoms with Crippen molar-refractivity contribution in [3.8, 4) is 0 Å². The number of carbonyl (C=O) groups excluding carboxylic acids is 1. The second kappa shape index (κ2) is 3.34. The summed E-state index contributed by atoms with van der Waals surface area (Å²) in [7, 11) is 0. The third-order valence-corrected chi connectivity index (χ3v) is 1.18. The van der Waals surface area contributed by atoms with E-state index >= 15 is 0 Å². The molecule has 1 saturated heterocycles. The number of carbonyl (C=O) groups is 1. The highest BCUT2D eigenvalue weighted by Crippen LogP contribution is 2.07. The topological polar surface area (TPSA) is 38.8 Å². The van der Waals surface area contributed by atoms with Gasteiger partial charge in [-0.2, -0.15) is 0 Å². The summed E-state index contributed by atoms with van der Waals surface area (Å²) in [6.07, 6.45) is 1.42. The standard InChI is InChI=1S/C6H9NO3/c1-2-7(5-8)6-9-3-4-10-6/h2,5-6H,1,3-4H2. The summed E-state index contributed by atoms with van der Waals surface area (Å²) >= 11 is 0. The molecule has 0 spiro atoms. The van der Waals surface area contributed by atoms with Crippen molar-refractivity contribution in [3.05, 3.63) is 12.8 Å². The highest BCUT2D eigenvalue weighted by atomic mass is 16.7. The van der Waals surface area contributed by atoms with Crippen molar-refractivity contribution in [1.82, 2.24) is 4.90 Å². The van der Waals surface area contributed by atoms with Gasteiger partial charge >= 0.3 is 0 Å². The predicted octanol–water partition coefficient (Wildman–Crippen LogP) is -0.0813. The Labute approximate surface area is 59.0 Å². The van der Waals surface area contributed by atoms with E-state index in [2.05, 4.69) is 6.58 Å². The molecule has 0 radical (unpaired) electrons. The van der Waals surface area contributed by atoms with Gasteiger partial charge in [0.1, 0.15) is 0 Å². The van der Waals surface area contributed by atoms with Crippen LogP contribution in [0.25, 0.3) is 0 Å². The molecule has 1 fully saturated rings. The maximum Gasteiger partial charge on any atom is 0.246 e. The van der Waals surface area contributed by atoms with Gasteiger partial charge in [0.25, 0.3) is 0 Å². The Morgan fingerprint density at radius 2 is 2.10 bits per heavy atom. The third-order valence-electron chi connectivity index (χ3n) is 1.18. The zero-order chi connectivity index (χ0) is 7.40. The van der Waals surface area contributed by atoms with Gasteiger partial charge in [-0.25, -0.2) is 0 Å². The summed E-state index contributed by atoms with van der Waals surface area (Å²) < 4.78 is 10.00. The molecule has 0 unspecified atom stereocenters. The van der Waals surface area contributed by atoms with Crippen LogP contribution in [-0.4, -0.2) is 30.9 Å². The fraction of sp³-hybridized carbons (Fsp3) is 0.500. The molecule has 4 nitrogen and oxygen atoms in total. The van der Waals surface area contributed by atoms with E-state index in [1.807, 2.05) is 0 Å².